The molecule has 3 aromatic rings. The summed E-state index contributed by atoms with van der Waals surface area (Å²) in [6.07, 6.45) is 3.38. The molecule has 0 bridgehead atoms. The normalized spacial score (nSPS) is 14.0. The van der Waals surface area contributed by atoms with E-state index in [1.54, 1.807) is 12.1 Å². The minimum atomic E-state index is -0.304. The second kappa shape index (κ2) is 9.30. The molecule has 1 N–H and O–H groups in total. The lowest BCUT2D eigenvalue weighted by atomic mass is 10.0. The van der Waals surface area contributed by atoms with Crippen LogP contribution >= 0.6 is 0 Å². The standard InChI is InChI=1S/C26H29N3O3/c1-18(19-8-5-4-6-9-19)29(26(31)20-11-12-20)17-21-16-22(13-14-23(21)28(2)3)27-25(30)24-10-7-15-32-24/h4-10,13-16,18,20H,11-12,17H2,1-3H3,(H,27,30). The van der Waals surface area contributed by atoms with E-state index in [1.165, 1.54) is 6.26 Å². The van der Waals surface area contributed by atoms with Gasteiger partial charge in [0.2, 0.25) is 5.91 Å². The van der Waals surface area contributed by atoms with Crippen LogP contribution in [-0.2, 0) is 11.3 Å². The maximum atomic E-state index is 13.3. The van der Waals surface area contributed by atoms with E-state index >= 15 is 0 Å². The highest BCUT2D eigenvalue weighted by molar-refractivity contribution is 6.02. The van der Waals surface area contributed by atoms with E-state index in [2.05, 4.69) is 24.4 Å². The third-order valence-electron chi connectivity index (χ3n) is 5.86. The maximum absolute atomic E-state index is 13.3. The Morgan fingerprint density at radius 2 is 1.81 bits per heavy atom. The Morgan fingerprint density at radius 1 is 1.06 bits per heavy atom. The molecule has 6 heteroatoms. The molecule has 1 aliphatic rings. The second-order valence-electron chi connectivity index (χ2n) is 8.50. The average Bonchev–Trinajstić information content (AvgIpc) is 3.50. The van der Waals surface area contributed by atoms with Crippen LogP contribution in [-0.4, -0.2) is 30.8 Å². The summed E-state index contributed by atoms with van der Waals surface area (Å²) >= 11 is 0. The molecule has 2 amide bonds. The Hall–Kier alpha value is -3.54. The molecule has 1 unspecified atom stereocenters. The van der Waals surface area contributed by atoms with Crippen molar-refractivity contribution in [3.05, 3.63) is 83.8 Å². The van der Waals surface area contributed by atoms with Gasteiger partial charge in [-0.25, -0.2) is 0 Å². The van der Waals surface area contributed by atoms with Crippen LogP contribution in [0.3, 0.4) is 0 Å². The predicted molar refractivity (Wildman–Crippen MR) is 126 cm³/mol. The van der Waals surface area contributed by atoms with Gasteiger partial charge in [-0.1, -0.05) is 30.3 Å². The summed E-state index contributed by atoms with van der Waals surface area (Å²) in [5.41, 5.74) is 3.76. The Bertz CT molecular complexity index is 1070. The van der Waals surface area contributed by atoms with Crippen LogP contribution in [0.4, 0.5) is 11.4 Å². The number of benzene rings is 2. The third-order valence-corrected chi connectivity index (χ3v) is 5.86. The minimum Gasteiger partial charge on any atom is -0.459 e. The van der Waals surface area contributed by atoms with E-state index in [9.17, 15) is 9.59 Å². The number of rotatable bonds is 8. The molecule has 0 radical (unpaired) electrons. The lowest BCUT2D eigenvalue weighted by Crippen LogP contribution is -2.34. The van der Waals surface area contributed by atoms with Gasteiger partial charge in [0, 0.05) is 37.9 Å². The fourth-order valence-corrected chi connectivity index (χ4v) is 3.89. The van der Waals surface area contributed by atoms with Crippen LogP contribution < -0.4 is 10.2 Å². The summed E-state index contributed by atoms with van der Waals surface area (Å²) in [5.74, 6) is 0.260. The number of amides is 2. The molecule has 4 rings (SSSR count). The van der Waals surface area contributed by atoms with E-state index in [0.29, 0.717) is 12.2 Å². The van der Waals surface area contributed by atoms with E-state index < -0.39 is 0 Å². The molecule has 1 aromatic heterocycles. The highest BCUT2D eigenvalue weighted by Crippen LogP contribution is 2.36. The number of hydrogen-bond acceptors (Lipinski definition) is 4. The first-order valence-electron chi connectivity index (χ1n) is 10.9. The van der Waals surface area contributed by atoms with Crippen molar-refractivity contribution < 1.29 is 14.0 Å². The van der Waals surface area contributed by atoms with Crippen LogP contribution in [0.25, 0.3) is 0 Å². The van der Waals surface area contributed by atoms with Crippen LogP contribution in [0.15, 0.2) is 71.3 Å². The minimum absolute atomic E-state index is 0.0549. The smallest absolute Gasteiger partial charge is 0.291 e. The lowest BCUT2D eigenvalue weighted by molar-refractivity contribution is -0.135. The van der Waals surface area contributed by atoms with E-state index in [0.717, 1.165) is 29.7 Å². The number of carbonyl (C=O) groups excluding carboxylic acids is 2. The van der Waals surface area contributed by atoms with Gasteiger partial charge >= 0.3 is 0 Å². The molecule has 2 aromatic carbocycles. The quantitative estimate of drug-likeness (QED) is 0.539. The first-order chi connectivity index (χ1) is 15.4. The Morgan fingerprint density at radius 3 is 2.44 bits per heavy atom. The van der Waals surface area contributed by atoms with Gasteiger partial charge in [-0.15, -0.1) is 0 Å². The zero-order valence-corrected chi connectivity index (χ0v) is 18.7. The van der Waals surface area contributed by atoms with Crippen LogP contribution in [0.2, 0.25) is 0 Å². The second-order valence-corrected chi connectivity index (χ2v) is 8.50. The summed E-state index contributed by atoms with van der Waals surface area (Å²) in [6, 6.07) is 19.1. The van der Waals surface area contributed by atoms with Gasteiger partial charge in [0.15, 0.2) is 5.76 Å². The Balaban J connectivity index is 1.63. The van der Waals surface area contributed by atoms with Crippen molar-refractivity contribution in [2.75, 3.05) is 24.3 Å². The van der Waals surface area contributed by atoms with Gasteiger partial charge in [0.05, 0.1) is 12.3 Å². The molecule has 1 aliphatic carbocycles. The molecule has 6 nitrogen and oxygen atoms in total. The molecule has 1 atom stereocenters. The lowest BCUT2D eigenvalue weighted by Gasteiger charge is -2.32. The number of carbonyl (C=O) groups is 2. The van der Waals surface area contributed by atoms with Gasteiger partial charge in [0.25, 0.3) is 5.91 Å². The summed E-state index contributed by atoms with van der Waals surface area (Å²) < 4.78 is 5.20. The SMILES string of the molecule is CC(c1ccccc1)N(Cc1cc(NC(=O)c2ccco2)ccc1N(C)C)C(=O)C1CC1. The van der Waals surface area contributed by atoms with Gasteiger partial charge in [-0.2, -0.15) is 0 Å². The molecule has 1 fully saturated rings. The topological polar surface area (TPSA) is 65.8 Å². The molecule has 0 saturated heterocycles. The van der Waals surface area contributed by atoms with E-state index in [4.69, 9.17) is 4.42 Å². The van der Waals surface area contributed by atoms with Crippen LogP contribution in [0, 0.1) is 5.92 Å². The molecule has 0 spiro atoms. The monoisotopic (exact) mass is 431 g/mol. The van der Waals surface area contributed by atoms with Crippen molar-refractivity contribution in [1.82, 2.24) is 4.90 Å². The van der Waals surface area contributed by atoms with Gasteiger partial charge in [0.1, 0.15) is 0 Å². The average molecular weight is 432 g/mol. The summed E-state index contributed by atoms with van der Waals surface area (Å²) in [7, 11) is 3.96. The van der Waals surface area contributed by atoms with Gasteiger partial charge in [-0.3, -0.25) is 9.59 Å². The molecule has 166 valence electrons. The molecule has 32 heavy (non-hydrogen) atoms. The third kappa shape index (κ3) is 4.85. The first kappa shape index (κ1) is 21.7. The zero-order chi connectivity index (χ0) is 22.7. The number of anilines is 2. The van der Waals surface area contributed by atoms with Crippen molar-refractivity contribution in [3.63, 3.8) is 0 Å². The Labute approximate surface area is 188 Å². The number of nitrogens with one attached hydrogen (secondary N) is 1. The summed E-state index contributed by atoms with van der Waals surface area (Å²) in [4.78, 5) is 29.7. The number of nitrogens with zero attached hydrogens (tertiary/aromatic N) is 2. The molecule has 1 heterocycles. The van der Waals surface area contributed by atoms with Gasteiger partial charge < -0.3 is 19.5 Å². The molecule has 0 aliphatic heterocycles. The van der Waals surface area contributed by atoms with Crippen LogP contribution in [0.5, 0.6) is 0 Å². The summed E-state index contributed by atoms with van der Waals surface area (Å²) in [6.45, 7) is 2.54. The van der Waals surface area contributed by atoms with Crippen LogP contribution in [0.1, 0.15) is 47.5 Å². The van der Waals surface area contributed by atoms with Crippen molar-refractivity contribution in [2.24, 2.45) is 5.92 Å². The first-order valence-corrected chi connectivity index (χ1v) is 10.9. The maximum Gasteiger partial charge on any atom is 0.291 e. The van der Waals surface area contributed by atoms with E-state index in [1.807, 2.05) is 60.3 Å². The fourth-order valence-electron chi connectivity index (χ4n) is 3.89. The van der Waals surface area contributed by atoms with E-state index in [-0.39, 0.29) is 29.5 Å². The highest BCUT2D eigenvalue weighted by atomic mass is 16.3. The van der Waals surface area contributed by atoms with Crippen molar-refractivity contribution in [3.8, 4) is 0 Å². The van der Waals surface area contributed by atoms with Gasteiger partial charge in [-0.05, 0) is 61.2 Å². The zero-order valence-electron chi connectivity index (χ0n) is 18.7. The molecule has 1 saturated carbocycles. The van der Waals surface area contributed by atoms with Crippen molar-refractivity contribution in [2.45, 2.75) is 32.4 Å². The van der Waals surface area contributed by atoms with Crippen molar-refractivity contribution in [1.29, 1.82) is 0 Å². The molecular formula is C26H29N3O3. The number of furan rings is 1. The Kier molecular flexibility index (Phi) is 6.30. The highest BCUT2D eigenvalue weighted by Gasteiger charge is 2.36. The van der Waals surface area contributed by atoms with Crippen molar-refractivity contribution >= 4 is 23.2 Å². The molecular weight excluding hydrogens is 402 g/mol. The predicted octanol–water partition coefficient (Wildman–Crippen LogP) is 5.10. The number of hydrogen-bond donors (Lipinski definition) is 1. The largest absolute Gasteiger partial charge is 0.459 e. The fraction of sp³-hybridized carbons (Fsp3) is 0.308. The summed E-state index contributed by atoms with van der Waals surface area (Å²) in [5, 5.41) is 2.89.